The number of carbonyl (C=O) groups excluding carboxylic acids is 2. The van der Waals surface area contributed by atoms with Crippen LogP contribution in [-0.4, -0.2) is 38.3 Å². The van der Waals surface area contributed by atoms with E-state index >= 15 is 0 Å². The van der Waals surface area contributed by atoms with Crippen LogP contribution in [0, 0.1) is 6.92 Å². The Bertz CT molecular complexity index is 724. The summed E-state index contributed by atoms with van der Waals surface area (Å²) in [6.07, 6.45) is 0.125. The average molecular weight is 293 g/mol. The largest absolute Gasteiger partial charge is 0.298 e. The maximum atomic E-state index is 12.2. The van der Waals surface area contributed by atoms with Gasteiger partial charge < -0.3 is 0 Å². The van der Waals surface area contributed by atoms with Crippen LogP contribution in [0.1, 0.15) is 24.0 Å². The topological polar surface area (TPSA) is 68.1 Å². The van der Waals surface area contributed by atoms with Gasteiger partial charge in [-0.1, -0.05) is 0 Å². The predicted molar refractivity (Wildman–Crippen MR) is 73.3 cm³/mol. The number of likely N-dealkylation sites (tertiary alicyclic amines) is 1. The van der Waals surface area contributed by atoms with Crippen molar-refractivity contribution in [1.82, 2.24) is 19.4 Å². The van der Waals surface area contributed by atoms with Crippen molar-refractivity contribution in [2.75, 3.05) is 7.05 Å². The maximum Gasteiger partial charge on any atom is 0.252 e. The third-order valence-electron chi connectivity index (χ3n) is 3.54. The maximum absolute atomic E-state index is 12.2. The van der Waals surface area contributed by atoms with Gasteiger partial charge in [0.25, 0.3) is 5.91 Å². The van der Waals surface area contributed by atoms with Crippen molar-refractivity contribution >= 4 is 34.6 Å². The molecule has 0 spiro atoms. The summed E-state index contributed by atoms with van der Waals surface area (Å²) in [5.41, 5.74) is 2.10. The van der Waals surface area contributed by atoms with Crippen molar-refractivity contribution in [3.05, 3.63) is 23.7 Å². The molecular formula is C13H13ClN4O2. The minimum atomic E-state index is -0.597. The number of imidazole rings is 1. The molecule has 0 aliphatic carbocycles. The van der Waals surface area contributed by atoms with Crippen LogP contribution >= 0.6 is 11.6 Å². The first-order chi connectivity index (χ1) is 9.52. The highest BCUT2D eigenvalue weighted by atomic mass is 35.5. The second-order valence-corrected chi connectivity index (χ2v) is 5.11. The molecule has 2 amide bonds. The third kappa shape index (κ3) is 1.79. The lowest BCUT2D eigenvalue weighted by Crippen LogP contribution is -2.27. The Kier molecular flexibility index (Phi) is 2.97. The second kappa shape index (κ2) is 4.56. The number of carbonyl (C=O) groups is 2. The molecule has 20 heavy (non-hydrogen) atoms. The predicted octanol–water partition coefficient (Wildman–Crippen LogP) is 1.41. The lowest BCUT2D eigenvalue weighted by atomic mass is 10.2. The van der Waals surface area contributed by atoms with Crippen molar-refractivity contribution in [2.45, 2.75) is 25.3 Å². The zero-order valence-corrected chi connectivity index (χ0v) is 11.9. The van der Waals surface area contributed by atoms with Gasteiger partial charge in [0.1, 0.15) is 17.4 Å². The molecule has 7 heteroatoms. The molecule has 104 valence electrons. The van der Waals surface area contributed by atoms with Crippen LogP contribution in [-0.2, 0) is 15.5 Å². The van der Waals surface area contributed by atoms with Gasteiger partial charge in [-0.05, 0) is 19.1 Å². The number of hydrogen-bond donors (Lipinski definition) is 0. The van der Waals surface area contributed by atoms with Crippen LogP contribution in [0.5, 0.6) is 0 Å². The standard InChI is InChI=1S/C13H13ClN4O2/c1-7-3-4-8-12(15-7)18(10(6-14)16-8)9-5-11(19)17(2)13(9)20/h3-4,9H,5-6H2,1-2H3. The Morgan fingerprint density at radius 1 is 1.35 bits per heavy atom. The average Bonchev–Trinajstić information content (AvgIpc) is 2.91. The van der Waals surface area contributed by atoms with Crippen molar-refractivity contribution in [3.8, 4) is 0 Å². The van der Waals surface area contributed by atoms with Gasteiger partial charge >= 0.3 is 0 Å². The number of imide groups is 1. The number of aryl methyl sites for hydroxylation is 1. The van der Waals surface area contributed by atoms with Crippen LogP contribution in [0.3, 0.4) is 0 Å². The highest BCUT2D eigenvalue weighted by Gasteiger charge is 2.39. The molecule has 1 atom stereocenters. The van der Waals surface area contributed by atoms with E-state index in [1.165, 1.54) is 7.05 Å². The van der Waals surface area contributed by atoms with E-state index in [1.54, 1.807) is 4.57 Å². The summed E-state index contributed by atoms with van der Waals surface area (Å²) in [7, 11) is 1.49. The minimum absolute atomic E-state index is 0.125. The van der Waals surface area contributed by atoms with E-state index in [2.05, 4.69) is 9.97 Å². The Morgan fingerprint density at radius 3 is 2.70 bits per heavy atom. The van der Waals surface area contributed by atoms with Crippen LogP contribution in [0.2, 0.25) is 0 Å². The number of hydrogen-bond acceptors (Lipinski definition) is 4. The first kappa shape index (κ1) is 13.1. The molecule has 3 rings (SSSR count). The van der Waals surface area contributed by atoms with Gasteiger partial charge in [0.15, 0.2) is 5.65 Å². The van der Waals surface area contributed by atoms with E-state index in [-0.39, 0.29) is 24.1 Å². The molecule has 1 unspecified atom stereocenters. The number of nitrogens with zero attached hydrogens (tertiary/aromatic N) is 4. The number of rotatable bonds is 2. The monoisotopic (exact) mass is 292 g/mol. The van der Waals surface area contributed by atoms with Crippen molar-refractivity contribution < 1.29 is 9.59 Å². The summed E-state index contributed by atoms with van der Waals surface area (Å²) in [4.78, 5) is 33.9. The Balaban J connectivity index is 2.22. The van der Waals surface area contributed by atoms with Gasteiger partial charge in [0.2, 0.25) is 5.91 Å². The summed E-state index contributed by atoms with van der Waals surface area (Å²) in [6.45, 7) is 1.87. The summed E-state index contributed by atoms with van der Waals surface area (Å²) in [5.74, 6) is 0.275. The molecule has 1 fully saturated rings. The Hall–Kier alpha value is -1.95. The van der Waals surface area contributed by atoms with Crippen molar-refractivity contribution in [2.24, 2.45) is 0 Å². The van der Waals surface area contributed by atoms with Crippen LogP contribution in [0.4, 0.5) is 0 Å². The zero-order valence-electron chi connectivity index (χ0n) is 11.1. The molecule has 0 bridgehead atoms. The number of alkyl halides is 1. The Labute approximate surface area is 120 Å². The quantitative estimate of drug-likeness (QED) is 0.620. The summed E-state index contributed by atoms with van der Waals surface area (Å²) < 4.78 is 1.69. The van der Waals surface area contributed by atoms with Crippen molar-refractivity contribution in [1.29, 1.82) is 0 Å². The number of likely N-dealkylation sites (N-methyl/N-ethyl adjacent to an activating group) is 1. The fourth-order valence-corrected chi connectivity index (χ4v) is 2.66. The van der Waals surface area contributed by atoms with E-state index in [0.29, 0.717) is 17.0 Å². The van der Waals surface area contributed by atoms with Crippen molar-refractivity contribution in [3.63, 3.8) is 0 Å². The molecule has 2 aromatic rings. The molecule has 0 N–H and O–H groups in total. The van der Waals surface area contributed by atoms with E-state index in [4.69, 9.17) is 11.6 Å². The van der Waals surface area contributed by atoms with E-state index in [0.717, 1.165) is 10.6 Å². The van der Waals surface area contributed by atoms with Gasteiger partial charge in [0, 0.05) is 12.7 Å². The molecule has 2 aromatic heterocycles. The molecule has 0 saturated carbocycles. The molecule has 1 aliphatic rings. The number of halogens is 1. The van der Waals surface area contributed by atoms with E-state index in [9.17, 15) is 9.59 Å². The van der Waals surface area contributed by atoms with Gasteiger partial charge in [0.05, 0.1) is 12.3 Å². The number of pyridine rings is 1. The van der Waals surface area contributed by atoms with Crippen LogP contribution in [0.15, 0.2) is 12.1 Å². The molecule has 6 nitrogen and oxygen atoms in total. The highest BCUT2D eigenvalue weighted by molar-refractivity contribution is 6.17. The molecule has 0 radical (unpaired) electrons. The lowest BCUT2D eigenvalue weighted by molar-refractivity contribution is -0.137. The first-order valence-electron chi connectivity index (χ1n) is 6.23. The third-order valence-corrected chi connectivity index (χ3v) is 3.78. The highest BCUT2D eigenvalue weighted by Crippen LogP contribution is 2.29. The second-order valence-electron chi connectivity index (χ2n) is 4.84. The number of amides is 2. The van der Waals surface area contributed by atoms with Crippen LogP contribution in [0.25, 0.3) is 11.2 Å². The number of fused-ring (bicyclic) bond motifs is 1. The summed E-state index contributed by atoms with van der Waals surface area (Å²) in [6, 6.07) is 3.10. The van der Waals surface area contributed by atoms with Gasteiger partial charge in [-0.25, -0.2) is 9.97 Å². The first-order valence-corrected chi connectivity index (χ1v) is 6.77. The summed E-state index contributed by atoms with van der Waals surface area (Å²) >= 11 is 5.92. The lowest BCUT2D eigenvalue weighted by Gasteiger charge is -2.13. The number of aromatic nitrogens is 3. The van der Waals surface area contributed by atoms with Crippen LogP contribution < -0.4 is 0 Å². The molecule has 0 aromatic carbocycles. The smallest absolute Gasteiger partial charge is 0.252 e. The summed E-state index contributed by atoms with van der Waals surface area (Å²) in [5, 5.41) is 0. The minimum Gasteiger partial charge on any atom is -0.298 e. The Morgan fingerprint density at radius 2 is 2.10 bits per heavy atom. The normalized spacial score (nSPS) is 19.4. The molecule has 1 aliphatic heterocycles. The molecule has 3 heterocycles. The van der Waals surface area contributed by atoms with E-state index < -0.39 is 6.04 Å². The van der Waals surface area contributed by atoms with E-state index in [1.807, 2.05) is 19.1 Å². The van der Waals surface area contributed by atoms with Gasteiger partial charge in [-0.15, -0.1) is 11.6 Å². The molecule has 1 saturated heterocycles. The van der Waals surface area contributed by atoms with Gasteiger partial charge in [-0.3, -0.25) is 19.1 Å². The fourth-order valence-electron chi connectivity index (χ4n) is 2.47. The van der Waals surface area contributed by atoms with Gasteiger partial charge in [-0.2, -0.15) is 0 Å². The SMILES string of the molecule is Cc1ccc2nc(CCl)n(C3CC(=O)N(C)C3=O)c2n1. The fraction of sp³-hybridized carbons (Fsp3) is 0.385. The zero-order chi connectivity index (χ0) is 14.4. The molecular weight excluding hydrogens is 280 g/mol.